The van der Waals surface area contributed by atoms with Crippen LogP contribution in [0.3, 0.4) is 0 Å². The number of benzene rings is 2. The SMILES string of the molecule is COc1cc(C(=O)N(C)Cc2ccccc2Cl)ccc1OC(F)F. The molecule has 24 heavy (non-hydrogen) atoms. The Labute approximate surface area is 143 Å². The van der Waals surface area contributed by atoms with E-state index < -0.39 is 6.61 Å². The number of hydrogen-bond acceptors (Lipinski definition) is 3. The fourth-order valence-electron chi connectivity index (χ4n) is 2.17. The Hall–Kier alpha value is -2.34. The summed E-state index contributed by atoms with van der Waals surface area (Å²) in [6.45, 7) is -2.65. The van der Waals surface area contributed by atoms with Gasteiger partial charge in [-0.1, -0.05) is 29.8 Å². The number of nitrogens with zero attached hydrogens (tertiary/aromatic N) is 1. The molecule has 0 saturated carbocycles. The zero-order valence-corrected chi connectivity index (χ0v) is 13.9. The fraction of sp³-hybridized carbons (Fsp3) is 0.235. The average Bonchev–Trinajstić information content (AvgIpc) is 2.56. The van der Waals surface area contributed by atoms with Crippen molar-refractivity contribution in [2.45, 2.75) is 13.2 Å². The highest BCUT2D eigenvalue weighted by atomic mass is 35.5. The Bertz CT molecular complexity index is 725. The van der Waals surface area contributed by atoms with Gasteiger partial charge in [0.1, 0.15) is 0 Å². The van der Waals surface area contributed by atoms with Crippen molar-refractivity contribution in [3.63, 3.8) is 0 Å². The van der Waals surface area contributed by atoms with Crippen LogP contribution in [-0.4, -0.2) is 31.6 Å². The minimum atomic E-state index is -2.97. The third-order valence-corrected chi connectivity index (χ3v) is 3.71. The summed E-state index contributed by atoms with van der Waals surface area (Å²) in [7, 11) is 2.94. The van der Waals surface area contributed by atoms with Crippen molar-refractivity contribution in [2.75, 3.05) is 14.2 Å². The molecule has 0 atom stereocenters. The maximum Gasteiger partial charge on any atom is 0.387 e. The Morgan fingerprint density at radius 1 is 1.21 bits per heavy atom. The minimum Gasteiger partial charge on any atom is -0.493 e. The largest absolute Gasteiger partial charge is 0.493 e. The van der Waals surface area contributed by atoms with Gasteiger partial charge in [0, 0.05) is 24.2 Å². The van der Waals surface area contributed by atoms with Gasteiger partial charge in [0.05, 0.1) is 7.11 Å². The normalized spacial score (nSPS) is 10.6. The maximum absolute atomic E-state index is 12.5. The van der Waals surface area contributed by atoms with Crippen molar-refractivity contribution >= 4 is 17.5 Å². The van der Waals surface area contributed by atoms with E-state index in [-0.39, 0.29) is 17.4 Å². The summed E-state index contributed by atoms with van der Waals surface area (Å²) in [5, 5.41) is 0.565. The van der Waals surface area contributed by atoms with Crippen molar-refractivity contribution in [3.05, 3.63) is 58.6 Å². The quantitative estimate of drug-likeness (QED) is 0.778. The number of carbonyl (C=O) groups is 1. The first-order valence-corrected chi connectivity index (χ1v) is 7.42. The number of amides is 1. The predicted molar refractivity (Wildman–Crippen MR) is 86.9 cm³/mol. The number of methoxy groups -OCH3 is 1. The minimum absolute atomic E-state index is 0.0623. The van der Waals surface area contributed by atoms with Gasteiger partial charge in [0.15, 0.2) is 11.5 Å². The van der Waals surface area contributed by atoms with E-state index in [0.717, 1.165) is 5.56 Å². The van der Waals surface area contributed by atoms with Crippen molar-refractivity contribution < 1.29 is 23.0 Å². The van der Waals surface area contributed by atoms with Crippen LogP contribution in [0.15, 0.2) is 42.5 Å². The van der Waals surface area contributed by atoms with Crippen molar-refractivity contribution in [1.82, 2.24) is 4.90 Å². The van der Waals surface area contributed by atoms with Crippen LogP contribution in [0.1, 0.15) is 15.9 Å². The molecule has 4 nitrogen and oxygen atoms in total. The molecule has 0 aromatic heterocycles. The fourth-order valence-corrected chi connectivity index (χ4v) is 2.36. The second-order valence-electron chi connectivity index (χ2n) is 5.00. The number of rotatable bonds is 6. The van der Waals surface area contributed by atoms with Gasteiger partial charge in [-0.2, -0.15) is 8.78 Å². The summed E-state index contributed by atoms with van der Waals surface area (Å²) in [6, 6.07) is 11.3. The van der Waals surface area contributed by atoms with E-state index in [1.54, 1.807) is 19.2 Å². The highest BCUT2D eigenvalue weighted by molar-refractivity contribution is 6.31. The van der Waals surface area contributed by atoms with Crippen LogP contribution >= 0.6 is 11.6 Å². The summed E-state index contributed by atoms with van der Waals surface area (Å²) < 4.78 is 34.0. The molecule has 0 fully saturated rings. The molecule has 0 radical (unpaired) electrons. The van der Waals surface area contributed by atoms with Crippen LogP contribution in [0.5, 0.6) is 11.5 Å². The Balaban J connectivity index is 2.18. The molecule has 0 aliphatic carbocycles. The molecular formula is C17H16ClF2NO3. The monoisotopic (exact) mass is 355 g/mol. The predicted octanol–water partition coefficient (Wildman–Crippen LogP) is 4.22. The van der Waals surface area contributed by atoms with Crippen molar-refractivity contribution in [1.29, 1.82) is 0 Å². The lowest BCUT2D eigenvalue weighted by atomic mass is 10.1. The van der Waals surface area contributed by atoms with Crippen molar-refractivity contribution in [2.24, 2.45) is 0 Å². The molecule has 0 N–H and O–H groups in total. The topological polar surface area (TPSA) is 38.8 Å². The lowest BCUT2D eigenvalue weighted by Gasteiger charge is -2.19. The molecule has 0 aliphatic rings. The van der Waals surface area contributed by atoms with Gasteiger partial charge in [0.25, 0.3) is 5.91 Å². The highest BCUT2D eigenvalue weighted by Gasteiger charge is 2.17. The Morgan fingerprint density at radius 2 is 1.92 bits per heavy atom. The molecule has 0 bridgehead atoms. The summed E-state index contributed by atoms with van der Waals surface area (Å²) in [4.78, 5) is 14.0. The first-order chi connectivity index (χ1) is 11.4. The van der Waals surface area contributed by atoms with Crippen LogP contribution in [0.2, 0.25) is 5.02 Å². The third kappa shape index (κ3) is 4.35. The lowest BCUT2D eigenvalue weighted by molar-refractivity contribution is -0.0512. The molecule has 2 rings (SSSR count). The van der Waals surface area contributed by atoms with E-state index in [0.29, 0.717) is 17.1 Å². The van der Waals surface area contributed by atoms with Gasteiger partial charge in [-0.3, -0.25) is 4.79 Å². The molecule has 0 spiro atoms. The molecule has 7 heteroatoms. The third-order valence-electron chi connectivity index (χ3n) is 3.34. The van der Waals surface area contributed by atoms with Gasteiger partial charge in [0.2, 0.25) is 0 Å². The van der Waals surface area contributed by atoms with Crippen LogP contribution in [0.25, 0.3) is 0 Å². The van der Waals surface area contributed by atoms with E-state index in [1.807, 2.05) is 12.1 Å². The van der Waals surface area contributed by atoms with Gasteiger partial charge in [-0.15, -0.1) is 0 Å². The summed E-state index contributed by atoms with van der Waals surface area (Å²) >= 11 is 6.09. The zero-order chi connectivity index (χ0) is 17.7. The second kappa shape index (κ2) is 7.97. The summed E-state index contributed by atoms with van der Waals surface area (Å²) in [5.41, 5.74) is 1.10. The number of halogens is 3. The molecule has 2 aromatic rings. The number of alkyl halides is 2. The highest BCUT2D eigenvalue weighted by Crippen LogP contribution is 2.30. The maximum atomic E-state index is 12.5. The molecule has 128 valence electrons. The molecule has 0 unspecified atom stereocenters. The molecule has 2 aromatic carbocycles. The van der Waals surface area contributed by atoms with Crippen LogP contribution in [0.4, 0.5) is 8.78 Å². The number of hydrogen-bond donors (Lipinski definition) is 0. The molecular weight excluding hydrogens is 340 g/mol. The van der Waals surface area contributed by atoms with Crippen LogP contribution in [-0.2, 0) is 6.54 Å². The molecule has 1 amide bonds. The second-order valence-corrected chi connectivity index (χ2v) is 5.40. The zero-order valence-electron chi connectivity index (χ0n) is 13.1. The van der Waals surface area contributed by atoms with E-state index in [2.05, 4.69) is 4.74 Å². The molecule has 0 aliphatic heterocycles. The van der Waals surface area contributed by atoms with E-state index in [4.69, 9.17) is 16.3 Å². The van der Waals surface area contributed by atoms with Crippen LogP contribution < -0.4 is 9.47 Å². The standard InChI is InChI=1S/C17H16ClF2NO3/c1-21(10-12-5-3-4-6-13(12)18)16(22)11-7-8-14(24-17(19)20)15(9-11)23-2/h3-9,17H,10H2,1-2H3. The Kier molecular flexibility index (Phi) is 5.98. The van der Waals surface area contributed by atoms with Gasteiger partial charge < -0.3 is 14.4 Å². The Morgan fingerprint density at radius 3 is 2.54 bits per heavy atom. The van der Waals surface area contributed by atoms with E-state index in [9.17, 15) is 13.6 Å². The van der Waals surface area contributed by atoms with Crippen LogP contribution in [0, 0.1) is 0 Å². The molecule has 0 heterocycles. The number of ether oxygens (including phenoxy) is 2. The number of carbonyl (C=O) groups excluding carboxylic acids is 1. The van der Waals surface area contributed by atoms with E-state index >= 15 is 0 Å². The van der Waals surface area contributed by atoms with Gasteiger partial charge in [-0.25, -0.2) is 0 Å². The smallest absolute Gasteiger partial charge is 0.387 e. The van der Waals surface area contributed by atoms with Gasteiger partial charge >= 0.3 is 6.61 Å². The van der Waals surface area contributed by atoms with Gasteiger partial charge in [-0.05, 0) is 29.8 Å². The average molecular weight is 356 g/mol. The van der Waals surface area contributed by atoms with Crippen molar-refractivity contribution in [3.8, 4) is 11.5 Å². The molecule has 0 saturated heterocycles. The summed E-state index contributed by atoms with van der Waals surface area (Å²) in [5.74, 6) is -0.359. The lowest BCUT2D eigenvalue weighted by Crippen LogP contribution is -2.26. The first-order valence-electron chi connectivity index (χ1n) is 7.04. The van der Waals surface area contributed by atoms with E-state index in [1.165, 1.54) is 30.2 Å². The first kappa shape index (κ1) is 18.0. The summed E-state index contributed by atoms with van der Waals surface area (Å²) in [6.07, 6.45) is 0.